The van der Waals surface area contributed by atoms with E-state index in [2.05, 4.69) is 9.72 Å². The highest BCUT2D eigenvalue weighted by Crippen LogP contribution is 2.32. The maximum atomic E-state index is 11.0. The molecule has 2 unspecified atom stereocenters. The second kappa shape index (κ2) is 5.71. The van der Waals surface area contributed by atoms with E-state index in [1.54, 1.807) is 0 Å². The van der Waals surface area contributed by atoms with E-state index in [4.69, 9.17) is 11.6 Å². The van der Waals surface area contributed by atoms with Gasteiger partial charge in [0, 0.05) is 11.8 Å². The summed E-state index contributed by atoms with van der Waals surface area (Å²) in [5.74, 6) is -1.09. The molecular formula is C9H9ClN2O6. The van der Waals surface area contributed by atoms with Crippen LogP contribution in [0, 0.1) is 10.1 Å². The summed E-state index contributed by atoms with van der Waals surface area (Å²) in [5.41, 5.74) is -0.769. The summed E-state index contributed by atoms with van der Waals surface area (Å²) in [7, 11) is 1.02. The normalized spacial score (nSPS) is 13.8. The van der Waals surface area contributed by atoms with Crippen LogP contribution in [0.3, 0.4) is 0 Å². The molecule has 0 aliphatic heterocycles. The van der Waals surface area contributed by atoms with Gasteiger partial charge in [-0.2, -0.15) is 0 Å². The van der Waals surface area contributed by atoms with Gasteiger partial charge in [-0.25, -0.2) is 4.79 Å². The molecule has 1 heterocycles. The third kappa shape index (κ3) is 2.73. The summed E-state index contributed by atoms with van der Waals surface area (Å²) in [6.45, 7) is 0. The molecular weight excluding hydrogens is 268 g/mol. The van der Waals surface area contributed by atoms with Crippen molar-refractivity contribution in [3.63, 3.8) is 0 Å². The number of hydrogen-bond acceptors (Lipinski definition) is 7. The van der Waals surface area contributed by atoms with E-state index < -0.39 is 33.8 Å². The monoisotopic (exact) mass is 276 g/mol. The Labute approximate surface area is 106 Å². The average molecular weight is 277 g/mol. The Kier molecular flexibility index (Phi) is 4.54. The Bertz CT molecular complexity index is 480. The van der Waals surface area contributed by atoms with E-state index in [1.807, 2.05) is 0 Å². The minimum atomic E-state index is -1.91. The number of nitrogens with zero attached hydrogens (tertiary/aromatic N) is 2. The van der Waals surface area contributed by atoms with Crippen LogP contribution in [0.25, 0.3) is 0 Å². The van der Waals surface area contributed by atoms with Crippen molar-refractivity contribution in [2.24, 2.45) is 0 Å². The number of methoxy groups -OCH3 is 1. The molecule has 0 saturated carbocycles. The lowest BCUT2D eigenvalue weighted by molar-refractivity contribution is -0.385. The van der Waals surface area contributed by atoms with Gasteiger partial charge in [-0.15, -0.1) is 0 Å². The van der Waals surface area contributed by atoms with Crippen molar-refractivity contribution in [3.8, 4) is 0 Å². The molecule has 0 amide bonds. The average Bonchev–Trinajstić information content (AvgIpc) is 2.36. The van der Waals surface area contributed by atoms with Crippen LogP contribution >= 0.6 is 11.6 Å². The Morgan fingerprint density at radius 2 is 2.17 bits per heavy atom. The SMILES string of the molecule is COC(=O)C(O)C(O)c1cncc([N+](=O)[O-])c1Cl. The summed E-state index contributed by atoms with van der Waals surface area (Å²) >= 11 is 5.69. The maximum absolute atomic E-state index is 11.0. The highest BCUT2D eigenvalue weighted by atomic mass is 35.5. The van der Waals surface area contributed by atoms with Crippen molar-refractivity contribution in [1.82, 2.24) is 4.98 Å². The molecule has 1 aromatic rings. The Morgan fingerprint density at radius 3 is 2.67 bits per heavy atom. The number of pyridine rings is 1. The minimum absolute atomic E-state index is 0.233. The topological polar surface area (TPSA) is 123 Å². The van der Waals surface area contributed by atoms with Gasteiger partial charge in [0.1, 0.15) is 17.3 Å². The molecule has 2 atom stereocenters. The third-order valence-electron chi connectivity index (χ3n) is 2.15. The van der Waals surface area contributed by atoms with Crippen LogP contribution in [-0.4, -0.2) is 39.3 Å². The quantitative estimate of drug-likeness (QED) is 0.458. The number of ether oxygens (including phenoxy) is 1. The van der Waals surface area contributed by atoms with Gasteiger partial charge in [0.15, 0.2) is 6.10 Å². The zero-order chi connectivity index (χ0) is 13.9. The molecule has 0 aliphatic rings. The summed E-state index contributed by atoms with van der Waals surface area (Å²) in [4.78, 5) is 24.3. The fraction of sp³-hybridized carbons (Fsp3) is 0.333. The summed E-state index contributed by atoms with van der Waals surface area (Å²) in [5, 5.41) is 29.3. The predicted octanol–water partition coefficient (Wildman–Crippen LogP) is 0.211. The highest BCUT2D eigenvalue weighted by molar-refractivity contribution is 6.33. The van der Waals surface area contributed by atoms with Crippen LogP contribution < -0.4 is 0 Å². The summed E-state index contributed by atoms with van der Waals surface area (Å²) in [6.07, 6.45) is -1.76. The molecule has 0 radical (unpaired) electrons. The molecule has 8 nitrogen and oxygen atoms in total. The summed E-state index contributed by atoms with van der Waals surface area (Å²) in [6, 6.07) is 0. The fourth-order valence-electron chi connectivity index (χ4n) is 1.20. The number of aliphatic hydroxyl groups is 2. The lowest BCUT2D eigenvalue weighted by Crippen LogP contribution is -2.29. The van der Waals surface area contributed by atoms with Crippen molar-refractivity contribution < 1.29 is 24.7 Å². The van der Waals surface area contributed by atoms with Gasteiger partial charge in [0.2, 0.25) is 0 Å². The molecule has 98 valence electrons. The first kappa shape index (κ1) is 14.3. The largest absolute Gasteiger partial charge is 0.467 e. The fourth-order valence-corrected chi connectivity index (χ4v) is 1.48. The zero-order valence-electron chi connectivity index (χ0n) is 9.11. The first-order chi connectivity index (χ1) is 8.40. The van der Waals surface area contributed by atoms with E-state index in [0.29, 0.717) is 0 Å². The van der Waals surface area contributed by atoms with Gasteiger partial charge in [0.05, 0.1) is 12.0 Å². The molecule has 2 N–H and O–H groups in total. The van der Waals surface area contributed by atoms with Crippen LogP contribution in [0.15, 0.2) is 12.4 Å². The number of aromatic nitrogens is 1. The van der Waals surface area contributed by atoms with E-state index >= 15 is 0 Å². The predicted molar refractivity (Wildman–Crippen MR) is 58.9 cm³/mol. The van der Waals surface area contributed by atoms with Crippen molar-refractivity contribution in [2.45, 2.75) is 12.2 Å². The Morgan fingerprint density at radius 1 is 1.56 bits per heavy atom. The molecule has 0 fully saturated rings. The van der Waals surface area contributed by atoms with Gasteiger partial charge < -0.3 is 14.9 Å². The van der Waals surface area contributed by atoms with Crippen molar-refractivity contribution in [2.75, 3.05) is 7.11 Å². The van der Waals surface area contributed by atoms with Crippen LogP contribution in [0.5, 0.6) is 0 Å². The van der Waals surface area contributed by atoms with E-state index in [0.717, 1.165) is 19.5 Å². The van der Waals surface area contributed by atoms with Crippen LogP contribution in [-0.2, 0) is 9.53 Å². The lowest BCUT2D eigenvalue weighted by atomic mass is 10.1. The zero-order valence-corrected chi connectivity index (χ0v) is 9.87. The van der Waals surface area contributed by atoms with E-state index in [9.17, 15) is 25.1 Å². The lowest BCUT2D eigenvalue weighted by Gasteiger charge is -2.16. The first-order valence-corrected chi connectivity index (χ1v) is 4.99. The number of carbonyl (C=O) groups excluding carboxylic acids is 1. The van der Waals surface area contributed by atoms with Crippen molar-refractivity contribution >= 4 is 23.3 Å². The van der Waals surface area contributed by atoms with E-state index in [-0.39, 0.29) is 5.56 Å². The van der Waals surface area contributed by atoms with Crippen LogP contribution in [0.4, 0.5) is 5.69 Å². The number of esters is 1. The second-order valence-corrected chi connectivity index (χ2v) is 3.61. The van der Waals surface area contributed by atoms with Gasteiger partial charge in [0.25, 0.3) is 0 Å². The molecule has 1 rings (SSSR count). The highest BCUT2D eigenvalue weighted by Gasteiger charge is 2.30. The number of rotatable bonds is 4. The van der Waals surface area contributed by atoms with Crippen LogP contribution in [0.1, 0.15) is 11.7 Å². The Hall–Kier alpha value is -1.77. The van der Waals surface area contributed by atoms with E-state index in [1.165, 1.54) is 0 Å². The van der Waals surface area contributed by atoms with Gasteiger partial charge in [-0.05, 0) is 0 Å². The summed E-state index contributed by atoms with van der Waals surface area (Å²) < 4.78 is 4.23. The number of aliphatic hydroxyl groups excluding tert-OH is 2. The third-order valence-corrected chi connectivity index (χ3v) is 2.56. The number of carbonyl (C=O) groups is 1. The molecule has 0 saturated heterocycles. The molecule has 9 heteroatoms. The number of halogens is 1. The molecule has 1 aromatic heterocycles. The molecule has 0 spiro atoms. The first-order valence-electron chi connectivity index (χ1n) is 4.62. The second-order valence-electron chi connectivity index (χ2n) is 3.23. The van der Waals surface area contributed by atoms with Crippen molar-refractivity contribution in [1.29, 1.82) is 0 Å². The number of hydrogen-bond donors (Lipinski definition) is 2. The van der Waals surface area contributed by atoms with Crippen LogP contribution in [0.2, 0.25) is 5.02 Å². The Balaban J connectivity index is 3.14. The van der Waals surface area contributed by atoms with Gasteiger partial charge >= 0.3 is 11.7 Å². The number of nitro groups is 1. The van der Waals surface area contributed by atoms with Gasteiger partial charge in [-0.1, -0.05) is 11.6 Å². The molecule has 0 bridgehead atoms. The maximum Gasteiger partial charge on any atom is 0.337 e. The smallest absolute Gasteiger partial charge is 0.337 e. The molecule has 18 heavy (non-hydrogen) atoms. The van der Waals surface area contributed by atoms with Crippen molar-refractivity contribution in [3.05, 3.63) is 33.1 Å². The minimum Gasteiger partial charge on any atom is -0.467 e. The standard InChI is InChI=1S/C9H9ClN2O6/c1-18-9(15)8(14)7(13)4-2-11-3-5(6(4)10)12(16)17/h2-3,7-8,13-14H,1H3. The molecule has 0 aromatic carbocycles. The van der Waals surface area contributed by atoms with Gasteiger partial charge in [-0.3, -0.25) is 15.1 Å². The molecule has 0 aliphatic carbocycles.